The number of hydrogen-bond acceptors (Lipinski definition) is 6. The molecule has 0 aliphatic rings. The van der Waals surface area contributed by atoms with Gasteiger partial charge in [-0.1, -0.05) is 57.2 Å². The van der Waals surface area contributed by atoms with Gasteiger partial charge in [-0.2, -0.15) is 0 Å². The van der Waals surface area contributed by atoms with Crippen LogP contribution in [-0.2, 0) is 16.6 Å². The second kappa shape index (κ2) is 10.3. The van der Waals surface area contributed by atoms with Crippen molar-refractivity contribution in [2.75, 3.05) is 0 Å². The Morgan fingerprint density at radius 3 is 2.06 bits per heavy atom. The zero-order valence-corrected chi connectivity index (χ0v) is 21.0. The van der Waals surface area contributed by atoms with Crippen LogP contribution < -0.4 is 5.32 Å². The molecule has 0 saturated heterocycles. The van der Waals surface area contributed by atoms with Gasteiger partial charge >= 0.3 is 5.97 Å². The Morgan fingerprint density at radius 1 is 0.889 bits per heavy atom. The van der Waals surface area contributed by atoms with E-state index in [0.29, 0.717) is 10.7 Å². The Hall–Kier alpha value is -4.04. The second-order valence-corrected chi connectivity index (χ2v) is 10.6. The highest BCUT2D eigenvalue weighted by Crippen LogP contribution is 2.29. The smallest absolute Gasteiger partial charge is 0.326 e. The Balaban J connectivity index is 1.42. The Bertz CT molecular complexity index is 1360. The van der Waals surface area contributed by atoms with Crippen LogP contribution in [0.4, 0.5) is 0 Å². The first kappa shape index (κ1) is 25.1. The first-order chi connectivity index (χ1) is 17.1. The Kier molecular flexibility index (Phi) is 7.17. The molecule has 36 heavy (non-hydrogen) atoms. The second-order valence-electron chi connectivity index (χ2n) is 9.52. The largest absolute Gasteiger partial charge is 0.508 e. The van der Waals surface area contributed by atoms with Gasteiger partial charge in [0, 0.05) is 34.8 Å². The third-order valence-corrected chi connectivity index (χ3v) is 7.19. The quantitative estimate of drug-likeness (QED) is 0.317. The van der Waals surface area contributed by atoms with E-state index in [2.05, 4.69) is 36.1 Å². The van der Waals surface area contributed by atoms with Crippen molar-refractivity contribution in [3.8, 4) is 28.3 Å². The Morgan fingerprint density at radius 2 is 1.50 bits per heavy atom. The number of carbonyl (C=O) groups excluding carboxylic acids is 1. The van der Waals surface area contributed by atoms with Crippen molar-refractivity contribution in [1.82, 2.24) is 15.3 Å². The molecule has 1 amide bonds. The van der Waals surface area contributed by atoms with Crippen molar-refractivity contribution in [3.05, 3.63) is 88.4 Å². The maximum Gasteiger partial charge on any atom is 0.326 e. The lowest BCUT2D eigenvalue weighted by Gasteiger charge is -2.16. The lowest BCUT2D eigenvalue weighted by atomic mass is 9.95. The summed E-state index contributed by atoms with van der Waals surface area (Å²) < 4.78 is 0. The molecule has 0 spiro atoms. The number of phenolic OH excluding ortho intramolecular Hbond substituents is 1. The Labute approximate surface area is 213 Å². The number of aromatic nitrogens is 2. The number of carbonyl (C=O) groups is 2. The van der Waals surface area contributed by atoms with Gasteiger partial charge < -0.3 is 15.5 Å². The topological polar surface area (TPSA) is 112 Å². The van der Waals surface area contributed by atoms with Crippen LogP contribution in [0.3, 0.4) is 0 Å². The summed E-state index contributed by atoms with van der Waals surface area (Å²) in [5.41, 5.74) is 3.21. The standard InChI is InChI=1S/C28H27N3O4S/c1-28(2,3)24-13-12-23(36-24)26(33)31-22(27(34)35)14-17-4-6-19(7-5-17)25-29-15-20(16-30-25)18-8-10-21(32)11-9-18/h4-13,15-16,22,32H,14H2,1-3H3,(H,31,33)(H,34,35). The van der Waals surface area contributed by atoms with Gasteiger partial charge in [0.25, 0.3) is 5.91 Å². The maximum absolute atomic E-state index is 12.7. The van der Waals surface area contributed by atoms with Crippen molar-refractivity contribution in [2.24, 2.45) is 0 Å². The van der Waals surface area contributed by atoms with Crippen LogP contribution in [0.5, 0.6) is 5.75 Å². The van der Waals surface area contributed by atoms with E-state index in [4.69, 9.17) is 0 Å². The first-order valence-corrected chi connectivity index (χ1v) is 12.3. The van der Waals surface area contributed by atoms with Crippen molar-refractivity contribution in [1.29, 1.82) is 0 Å². The average molecular weight is 502 g/mol. The van der Waals surface area contributed by atoms with Crippen molar-refractivity contribution in [3.63, 3.8) is 0 Å². The molecular weight excluding hydrogens is 474 g/mol. The number of carboxylic acids is 1. The highest BCUT2D eigenvalue weighted by atomic mass is 32.1. The molecule has 0 aliphatic carbocycles. The number of carboxylic acid groups (broad SMARTS) is 1. The molecule has 2 heterocycles. The van der Waals surface area contributed by atoms with E-state index in [9.17, 15) is 19.8 Å². The summed E-state index contributed by atoms with van der Waals surface area (Å²) in [6.07, 6.45) is 3.59. The number of nitrogens with one attached hydrogen (secondary N) is 1. The van der Waals surface area contributed by atoms with Crippen LogP contribution in [0.25, 0.3) is 22.5 Å². The number of phenols is 1. The zero-order valence-electron chi connectivity index (χ0n) is 20.2. The van der Waals surface area contributed by atoms with Gasteiger partial charge in [-0.3, -0.25) is 4.79 Å². The fraction of sp³-hybridized carbons (Fsp3) is 0.214. The van der Waals surface area contributed by atoms with Crippen LogP contribution in [0, 0.1) is 0 Å². The van der Waals surface area contributed by atoms with Crippen LogP contribution in [-0.4, -0.2) is 38.1 Å². The van der Waals surface area contributed by atoms with Gasteiger partial charge in [0.15, 0.2) is 5.82 Å². The summed E-state index contributed by atoms with van der Waals surface area (Å²) in [6, 6.07) is 16.7. The molecule has 184 valence electrons. The highest BCUT2D eigenvalue weighted by molar-refractivity contribution is 7.14. The van der Waals surface area contributed by atoms with Gasteiger partial charge in [-0.05, 0) is 40.8 Å². The van der Waals surface area contributed by atoms with E-state index in [1.807, 2.05) is 30.3 Å². The number of nitrogens with zero attached hydrogens (tertiary/aromatic N) is 2. The minimum absolute atomic E-state index is 0.0767. The van der Waals surface area contributed by atoms with Gasteiger partial charge in [-0.25, -0.2) is 14.8 Å². The number of benzene rings is 2. The summed E-state index contributed by atoms with van der Waals surface area (Å²) in [7, 11) is 0. The predicted octanol–water partition coefficient (Wildman–Crippen LogP) is 5.30. The molecule has 2 aromatic carbocycles. The number of aromatic hydroxyl groups is 1. The number of rotatable bonds is 7. The molecule has 0 bridgehead atoms. The number of aliphatic carboxylic acids is 1. The predicted molar refractivity (Wildman–Crippen MR) is 140 cm³/mol. The maximum atomic E-state index is 12.7. The molecule has 8 heteroatoms. The van der Waals surface area contributed by atoms with Crippen LogP contribution >= 0.6 is 11.3 Å². The van der Waals surface area contributed by atoms with Crippen LogP contribution in [0.2, 0.25) is 0 Å². The van der Waals surface area contributed by atoms with E-state index in [1.165, 1.54) is 11.3 Å². The third kappa shape index (κ3) is 5.95. The molecule has 0 aliphatic heterocycles. The van der Waals surface area contributed by atoms with E-state index >= 15 is 0 Å². The minimum atomic E-state index is -1.09. The molecule has 0 fully saturated rings. The molecule has 1 atom stereocenters. The number of amides is 1. The lowest BCUT2D eigenvalue weighted by Crippen LogP contribution is -2.42. The molecule has 4 rings (SSSR count). The SMILES string of the molecule is CC(C)(C)c1ccc(C(=O)NC(Cc2ccc(-c3ncc(-c4ccc(O)cc4)cn3)cc2)C(=O)O)s1. The molecule has 1 unspecified atom stereocenters. The number of thiophene rings is 1. The van der Waals surface area contributed by atoms with E-state index < -0.39 is 12.0 Å². The first-order valence-electron chi connectivity index (χ1n) is 11.4. The van der Waals surface area contributed by atoms with Crippen molar-refractivity contribution < 1.29 is 19.8 Å². The fourth-order valence-electron chi connectivity index (χ4n) is 3.60. The van der Waals surface area contributed by atoms with Crippen molar-refractivity contribution in [2.45, 2.75) is 38.6 Å². The summed E-state index contributed by atoms with van der Waals surface area (Å²) in [4.78, 5) is 35.0. The lowest BCUT2D eigenvalue weighted by molar-refractivity contribution is -0.139. The van der Waals surface area contributed by atoms with E-state index in [0.717, 1.165) is 27.1 Å². The van der Waals surface area contributed by atoms with Gasteiger partial charge in [0.2, 0.25) is 0 Å². The summed E-state index contributed by atoms with van der Waals surface area (Å²) in [5, 5.41) is 21.8. The fourth-order valence-corrected chi connectivity index (χ4v) is 4.57. The minimum Gasteiger partial charge on any atom is -0.508 e. The van der Waals surface area contributed by atoms with Crippen LogP contribution in [0.1, 0.15) is 40.9 Å². The number of hydrogen-bond donors (Lipinski definition) is 3. The normalized spacial score (nSPS) is 12.2. The van der Waals surface area contributed by atoms with Gasteiger partial charge in [0.05, 0.1) is 4.88 Å². The van der Waals surface area contributed by atoms with Crippen molar-refractivity contribution >= 4 is 23.2 Å². The molecule has 0 saturated carbocycles. The molecule has 4 aromatic rings. The highest BCUT2D eigenvalue weighted by Gasteiger charge is 2.24. The molecule has 2 aromatic heterocycles. The van der Waals surface area contributed by atoms with Gasteiger partial charge in [0.1, 0.15) is 11.8 Å². The molecule has 0 radical (unpaired) electrons. The van der Waals surface area contributed by atoms with Crippen LogP contribution in [0.15, 0.2) is 73.1 Å². The van der Waals surface area contributed by atoms with E-state index in [-0.39, 0.29) is 23.5 Å². The van der Waals surface area contributed by atoms with Gasteiger partial charge in [-0.15, -0.1) is 11.3 Å². The summed E-state index contributed by atoms with van der Waals surface area (Å²) in [5.74, 6) is -0.739. The summed E-state index contributed by atoms with van der Waals surface area (Å²) >= 11 is 1.38. The van der Waals surface area contributed by atoms with E-state index in [1.54, 1.807) is 42.7 Å². The summed E-state index contributed by atoms with van der Waals surface area (Å²) in [6.45, 7) is 6.21. The average Bonchev–Trinajstić information content (AvgIpc) is 3.36. The molecular formula is C28H27N3O4S. The molecule has 3 N–H and O–H groups in total. The third-order valence-electron chi connectivity index (χ3n) is 5.68. The molecule has 7 nitrogen and oxygen atoms in total. The monoisotopic (exact) mass is 501 g/mol. The zero-order chi connectivity index (χ0) is 25.9.